The Morgan fingerprint density at radius 2 is 1.65 bits per heavy atom. The molecule has 0 aliphatic heterocycles. The van der Waals surface area contributed by atoms with Gasteiger partial charge in [0.15, 0.2) is 6.10 Å². The van der Waals surface area contributed by atoms with Gasteiger partial charge in [-0.1, -0.05) is 70.2 Å². The van der Waals surface area contributed by atoms with Crippen molar-refractivity contribution in [3.63, 3.8) is 0 Å². The maximum atomic E-state index is 12.5. The van der Waals surface area contributed by atoms with Crippen LogP contribution >= 0.6 is 0 Å². The Morgan fingerprint density at radius 3 is 2.23 bits per heavy atom. The normalized spacial score (nSPS) is 13.8. The van der Waals surface area contributed by atoms with Gasteiger partial charge in [0.2, 0.25) is 0 Å². The summed E-state index contributed by atoms with van der Waals surface area (Å²) in [5.74, 6) is 0.670. The zero-order valence-corrected chi connectivity index (χ0v) is 16.8. The number of carbonyl (C=O) groups excluding carboxylic acids is 1. The van der Waals surface area contributed by atoms with Gasteiger partial charge in [-0.2, -0.15) is 0 Å². The molecule has 0 fully saturated rings. The highest BCUT2D eigenvalue weighted by molar-refractivity contribution is 5.81. The second-order valence-corrected chi connectivity index (χ2v) is 7.82. The van der Waals surface area contributed by atoms with Gasteiger partial charge in [-0.3, -0.25) is 4.79 Å². The number of ether oxygens (including phenoxy) is 1. The van der Waals surface area contributed by atoms with Crippen LogP contribution in [-0.4, -0.2) is 12.0 Å². The van der Waals surface area contributed by atoms with Crippen molar-refractivity contribution in [3.05, 3.63) is 65.2 Å². The minimum absolute atomic E-state index is 0.0658. The van der Waals surface area contributed by atoms with Crippen LogP contribution in [0.5, 0.6) is 5.75 Å². The van der Waals surface area contributed by atoms with Gasteiger partial charge in [0, 0.05) is 0 Å². The van der Waals surface area contributed by atoms with E-state index in [1.54, 1.807) is 6.92 Å². The SMILES string of the molecule is CCc1ccccc1O[C@H](C)C(=O)N[C@H](C)c1ccc(C(C)(C)C)cc1. The van der Waals surface area contributed by atoms with Crippen LogP contribution in [0.15, 0.2) is 48.5 Å². The van der Waals surface area contributed by atoms with Crippen molar-refractivity contribution in [2.45, 2.75) is 65.5 Å². The summed E-state index contributed by atoms with van der Waals surface area (Å²) in [5.41, 5.74) is 3.61. The number of aryl methyl sites for hydroxylation is 1. The highest BCUT2D eigenvalue weighted by Crippen LogP contribution is 2.24. The Labute approximate surface area is 157 Å². The maximum Gasteiger partial charge on any atom is 0.261 e. The first-order valence-electron chi connectivity index (χ1n) is 9.37. The molecule has 0 saturated heterocycles. The molecule has 2 atom stereocenters. The maximum absolute atomic E-state index is 12.5. The Balaban J connectivity index is 1.99. The summed E-state index contributed by atoms with van der Waals surface area (Å²) in [6.07, 6.45) is 0.333. The number of hydrogen-bond acceptors (Lipinski definition) is 2. The van der Waals surface area contributed by atoms with E-state index in [1.807, 2.05) is 31.2 Å². The van der Waals surface area contributed by atoms with Crippen molar-refractivity contribution in [3.8, 4) is 5.75 Å². The molecule has 0 aliphatic rings. The molecule has 1 amide bonds. The summed E-state index contributed by atoms with van der Waals surface area (Å²) in [4.78, 5) is 12.5. The molecule has 0 radical (unpaired) electrons. The Hall–Kier alpha value is -2.29. The predicted octanol–water partition coefficient (Wildman–Crippen LogP) is 5.19. The number of para-hydroxylation sites is 1. The lowest BCUT2D eigenvalue weighted by molar-refractivity contribution is -0.127. The number of hydrogen-bond donors (Lipinski definition) is 1. The lowest BCUT2D eigenvalue weighted by Gasteiger charge is -2.22. The topological polar surface area (TPSA) is 38.3 Å². The summed E-state index contributed by atoms with van der Waals surface area (Å²) in [7, 11) is 0. The first-order valence-corrected chi connectivity index (χ1v) is 9.37. The van der Waals surface area contributed by atoms with E-state index in [1.165, 1.54) is 5.56 Å². The molecule has 3 nitrogen and oxygen atoms in total. The third-order valence-corrected chi connectivity index (χ3v) is 4.66. The fourth-order valence-electron chi connectivity index (χ4n) is 2.84. The molecule has 0 bridgehead atoms. The Bertz CT molecular complexity index is 729. The summed E-state index contributed by atoms with van der Waals surface area (Å²) in [6, 6.07) is 16.2. The molecule has 3 heteroatoms. The van der Waals surface area contributed by atoms with Gasteiger partial charge in [0.25, 0.3) is 5.91 Å². The van der Waals surface area contributed by atoms with Crippen LogP contribution < -0.4 is 10.1 Å². The molecule has 2 aromatic carbocycles. The van der Waals surface area contributed by atoms with E-state index in [9.17, 15) is 4.79 Å². The van der Waals surface area contributed by atoms with Crippen LogP contribution in [0.2, 0.25) is 0 Å². The van der Waals surface area contributed by atoms with Crippen molar-refractivity contribution >= 4 is 5.91 Å². The van der Waals surface area contributed by atoms with Crippen molar-refractivity contribution in [2.24, 2.45) is 0 Å². The number of amides is 1. The molecule has 0 heterocycles. The second kappa shape index (κ2) is 8.39. The highest BCUT2D eigenvalue weighted by Gasteiger charge is 2.19. The minimum Gasteiger partial charge on any atom is -0.481 e. The van der Waals surface area contributed by atoms with Crippen LogP contribution in [-0.2, 0) is 16.6 Å². The van der Waals surface area contributed by atoms with Crippen molar-refractivity contribution in [1.29, 1.82) is 0 Å². The number of benzene rings is 2. The summed E-state index contributed by atoms with van der Waals surface area (Å²) in [6.45, 7) is 12.4. The van der Waals surface area contributed by atoms with Crippen molar-refractivity contribution in [1.82, 2.24) is 5.32 Å². The van der Waals surface area contributed by atoms with E-state index < -0.39 is 6.10 Å². The van der Waals surface area contributed by atoms with Crippen LogP contribution in [0.1, 0.15) is 64.3 Å². The monoisotopic (exact) mass is 353 g/mol. The molecule has 140 valence electrons. The molecule has 0 aliphatic carbocycles. The first-order chi connectivity index (χ1) is 12.2. The minimum atomic E-state index is -0.543. The van der Waals surface area contributed by atoms with E-state index in [0.29, 0.717) is 0 Å². The first kappa shape index (κ1) is 20.0. The molecule has 0 aromatic heterocycles. The molecule has 0 spiro atoms. The van der Waals surface area contributed by atoms with E-state index in [0.717, 1.165) is 23.3 Å². The largest absolute Gasteiger partial charge is 0.481 e. The number of rotatable bonds is 6. The van der Waals surface area contributed by atoms with E-state index in [-0.39, 0.29) is 17.4 Å². The van der Waals surface area contributed by atoms with Gasteiger partial charge < -0.3 is 10.1 Å². The van der Waals surface area contributed by atoms with Crippen LogP contribution in [0.25, 0.3) is 0 Å². The average Bonchev–Trinajstić information content (AvgIpc) is 2.61. The van der Waals surface area contributed by atoms with Gasteiger partial charge >= 0.3 is 0 Å². The van der Waals surface area contributed by atoms with Crippen molar-refractivity contribution in [2.75, 3.05) is 0 Å². The second-order valence-electron chi connectivity index (χ2n) is 7.82. The predicted molar refractivity (Wildman–Crippen MR) is 108 cm³/mol. The van der Waals surface area contributed by atoms with E-state index in [2.05, 4.69) is 57.3 Å². The van der Waals surface area contributed by atoms with E-state index in [4.69, 9.17) is 4.74 Å². The Kier molecular flexibility index (Phi) is 6.47. The van der Waals surface area contributed by atoms with Crippen LogP contribution in [0.4, 0.5) is 0 Å². The Morgan fingerprint density at radius 1 is 1.04 bits per heavy atom. The van der Waals surface area contributed by atoms with E-state index >= 15 is 0 Å². The zero-order valence-electron chi connectivity index (χ0n) is 16.8. The molecule has 2 rings (SSSR count). The zero-order chi connectivity index (χ0) is 19.3. The molecule has 0 saturated carbocycles. The van der Waals surface area contributed by atoms with Gasteiger partial charge in [0.1, 0.15) is 5.75 Å². The van der Waals surface area contributed by atoms with Gasteiger partial charge in [-0.15, -0.1) is 0 Å². The quantitative estimate of drug-likeness (QED) is 0.776. The van der Waals surface area contributed by atoms with Crippen LogP contribution in [0, 0.1) is 0 Å². The average molecular weight is 354 g/mol. The van der Waals surface area contributed by atoms with Gasteiger partial charge in [-0.25, -0.2) is 0 Å². The number of nitrogens with one attached hydrogen (secondary N) is 1. The fraction of sp³-hybridized carbons (Fsp3) is 0.435. The molecule has 26 heavy (non-hydrogen) atoms. The standard InChI is InChI=1S/C23H31NO2/c1-7-18-10-8-9-11-21(18)26-17(3)22(25)24-16(2)19-12-14-20(15-13-19)23(4,5)6/h8-17H,7H2,1-6H3,(H,24,25)/t16-,17-/m1/s1. The fourth-order valence-corrected chi connectivity index (χ4v) is 2.84. The molecular weight excluding hydrogens is 322 g/mol. The molecule has 1 N–H and O–H groups in total. The van der Waals surface area contributed by atoms with Crippen LogP contribution in [0.3, 0.4) is 0 Å². The molecular formula is C23H31NO2. The third kappa shape index (κ3) is 5.10. The third-order valence-electron chi connectivity index (χ3n) is 4.66. The molecule has 0 unspecified atom stereocenters. The lowest BCUT2D eigenvalue weighted by Crippen LogP contribution is -2.37. The highest BCUT2D eigenvalue weighted by atomic mass is 16.5. The number of carbonyl (C=O) groups is 1. The molecule has 2 aromatic rings. The summed E-state index contributed by atoms with van der Waals surface area (Å²) >= 11 is 0. The van der Waals surface area contributed by atoms with Crippen molar-refractivity contribution < 1.29 is 9.53 Å². The lowest BCUT2D eigenvalue weighted by atomic mass is 9.86. The summed E-state index contributed by atoms with van der Waals surface area (Å²) in [5, 5.41) is 3.05. The smallest absolute Gasteiger partial charge is 0.261 e. The summed E-state index contributed by atoms with van der Waals surface area (Å²) < 4.78 is 5.89. The van der Waals surface area contributed by atoms with Gasteiger partial charge in [0.05, 0.1) is 6.04 Å². The van der Waals surface area contributed by atoms with Gasteiger partial charge in [-0.05, 0) is 48.4 Å².